The van der Waals surface area contributed by atoms with Crippen LogP contribution in [-0.4, -0.2) is 43.9 Å². The highest BCUT2D eigenvalue weighted by Crippen LogP contribution is 2.11. The Morgan fingerprint density at radius 2 is 1.09 bits per heavy atom. The van der Waals surface area contributed by atoms with Crippen molar-refractivity contribution in [2.75, 3.05) is 27.7 Å². The fourth-order valence-corrected chi connectivity index (χ4v) is 2.10. The quantitative estimate of drug-likeness (QED) is 0.332. The molecule has 0 saturated heterocycles. The van der Waals surface area contributed by atoms with E-state index in [1.165, 1.54) is 64.2 Å². The first-order valence-corrected chi connectivity index (χ1v) is 8.97. The number of hydrogen-bond donors (Lipinski definition) is 2. The molecule has 0 fully saturated rings. The van der Waals surface area contributed by atoms with Crippen LogP contribution in [0.25, 0.3) is 0 Å². The Hall–Kier alpha value is -0.810. The van der Waals surface area contributed by atoms with Crippen LogP contribution >= 0.6 is 0 Å². The lowest BCUT2D eigenvalue weighted by Crippen LogP contribution is -2.01. The fourth-order valence-electron chi connectivity index (χ4n) is 2.10. The van der Waals surface area contributed by atoms with E-state index in [9.17, 15) is 4.79 Å². The predicted molar refractivity (Wildman–Crippen MR) is 99.7 cm³/mol. The minimum Gasteiger partial charge on any atom is -0.450 e. The number of unbranched alkanes of at least 4 members (excludes halogenated alkanes) is 11. The SMILES string of the molecule is CCCCCCCCCCCCCCOC(=O)O.CN(C)C.N. The van der Waals surface area contributed by atoms with Crippen LogP contribution in [0.4, 0.5) is 4.79 Å². The van der Waals surface area contributed by atoms with Gasteiger partial charge in [-0.1, -0.05) is 77.6 Å². The second-order valence-electron chi connectivity index (χ2n) is 6.35. The van der Waals surface area contributed by atoms with Gasteiger partial charge in [0.1, 0.15) is 0 Å². The van der Waals surface area contributed by atoms with Crippen LogP contribution in [0.3, 0.4) is 0 Å². The van der Waals surface area contributed by atoms with Gasteiger partial charge in [0, 0.05) is 0 Å². The average molecular weight is 335 g/mol. The molecule has 0 spiro atoms. The standard InChI is InChI=1S/C15H30O3.C3H9N.H3N/c1-2-3-4-5-6-7-8-9-10-11-12-13-14-18-15(16)17;1-4(2)3;/h2-14H2,1H3,(H,16,17);1-3H3;1H3. The van der Waals surface area contributed by atoms with Crippen molar-refractivity contribution in [2.24, 2.45) is 0 Å². The molecule has 4 N–H and O–H groups in total. The first kappa shape index (κ1) is 27.1. The van der Waals surface area contributed by atoms with E-state index in [1.54, 1.807) is 0 Å². The van der Waals surface area contributed by atoms with E-state index in [2.05, 4.69) is 11.7 Å². The Morgan fingerprint density at radius 1 is 0.783 bits per heavy atom. The molecule has 5 nitrogen and oxygen atoms in total. The summed E-state index contributed by atoms with van der Waals surface area (Å²) in [6.07, 6.45) is 14.3. The van der Waals surface area contributed by atoms with E-state index in [0.29, 0.717) is 6.61 Å². The van der Waals surface area contributed by atoms with Gasteiger partial charge in [0.25, 0.3) is 0 Å². The van der Waals surface area contributed by atoms with Crippen LogP contribution in [0.1, 0.15) is 84.0 Å². The first-order valence-electron chi connectivity index (χ1n) is 8.97. The van der Waals surface area contributed by atoms with Gasteiger partial charge in [0.15, 0.2) is 0 Å². The first-order chi connectivity index (χ1) is 10.5. The Labute approximate surface area is 144 Å². The maximum absolute atomic E-state index is 10.1. The zero-order chi connectivity index (χ0) is 17.1. The lowest BCUT2D eigenvalue weighted by Gasteiger charge is -2.02. The maximum atomic E-state index is 10.1. The zero-order valence-electron chi connectivity index (χ0n) is 16.1. The minimum absolute atomic E-state index is 0. The summed E-state index contributed by atoms with van der Waals surface area (Å²) >= 11 is 0. The highest BCUT2D eigenvalue weighted by Gasteiger charge is 1.96. The molecule has 0 aliphatic heterocycles. The third-order valence-electron chi connectivity index (χ3n) is 3.22. The van der Waals surface area contributed by atoms with E-state index in [-0.39, 0.29) is 6.15 Å². The van der Waals surface area contributed by atoms with Gasteiger partial charge >= 0.3 is 6.16 Å². The van der Waals surface area contributed by atoms with Crippen molar-refractivity contribution in [3.63, 3.8) is 0 Å². The van der Waals surface area contributed by atoms with Gasteiger partial charge in [0.2, 0.25) is 0 Å². The molecule has 0 atom stereocenters. The van der Waals surface area contributed by atoms with Crippen molar-refractivity contribution in [3.8, 4) is 0 Å². The van der Waals surface area contributed by atoms with Gasteiger partial charge < -0.3 is 20.9 Å². The third-order valence-corrected chi connectivity index (χ3v) is 3.22. The smallest absolute Gasteiger partial charge is 0.450 e. The number of nitrogens with zero attached hydrogens (tertiary/aromatic N) is 1. The van der Waals surface area contributed by atoms with Crippen LogP contribution in [0, 0.1) is 0 Å². The molecule has 0 aromatic carbocycles. The highest BCUT2D eigenvalue weighted by atomic mass is 16.7. The van der Waals surface area contributed by atoms with E-state index >= 15 is 0 Å². The van der Waals surface area contributed by atoms with Crippen molar-refractivity contribution in [3.05, 3.63) is 0 Å². The molecule has 0 aliphatic carbocycles. The molecule has 0 radical (unpaired) electrons. The minimum atomic E-state index is -1.15. The van der Waals surface area contributed by atoms with E-state index in [4.69, 9.17) is 5.11 Å². The summed E-state index contributed by atoms with van der Waals surface area (Å²) in [7, 11) is 6.00. The fraction of sp³-hybridized carbons (Fsp3) is 0.944. The van der Waals surface area contributed by atoms with Gasteiger partial charge in [-0.3, -0.25) is 0 Å². The molecule has 0 rings (SSSR count). The van der Waals surface area contributed by atoms with E-state index in [1.807, 2.05) is 26.0 Å². The van der Waals surface area contributed by atoms with Crippen molar-refractivity contribution >= 4 is 6.16 Å². The number of rotatable bonds is 13. The molecule has 5 heteroatoms. The Kier molecular flexibility index (Phi) is 27.6. The summed E-state index contributed by atoms with van der Waals surface area (Å²) in [5.41, 5.74) is 0. The van der Waals surface area contributed by atoms with Crippen LogP contribution in [0.2, 0.25) is 0 Å². The van der Waals surface area contributed by atoms with Crippen molar-refractivity contribution in [1.82, 2.24) is 11.1 Å². The highest BCUT2D eigenvalue weighted by molar-refractivity contribution is 5.56. The molecule has 23 heavy (non-hydrogen) atoms. The molecule has 0 aliphatic rings. The second kappa shape index (κ2) is 23.5. The molecule has 0 amide bonds. The largest absolute Gasteiger partial charge is 0.505 e. The molecular formula is C18H42N2O3. The van der Waals surface area contributed by atoms with Gasteiger partial charge in [-0.2, -0.15) is 0 Å². The summed E-state index contributed by atoms with van der Waals surface area (Å²) in [5, 5.41) is 8.27. The molecular weight excluding hydrogens is 292 g/mol. The molecule has 0 aromatic rings. The van der Waals surface area contributed by atoms with Gasteiger partial charge in [-0.05, 0) is 27.6 Å². The monoisotopic (exact) mass is 334 g/mol. The van der Waals surface area contributed by atoms with E-state index in [0.717, 1.165) is 12.8 Å². The zero-order valence-corrected chi connectivity index (χ0v) is 16.1. The summed E-state index contributed by atoms with van der Waals surface area (Å²) in [5.74, 6) is 0. The molecule has 0 unspecified atom stereocenters. The number of carbonyl (C=O) groups is 1. The lowest BCUT2D eigenvalue weighted by molar-refractivity contribution is 0.0899. The molecule has 0 heterocycles. The number of carboxylic acid groups (broad SMARTS) is 1. The van der Waals surface area contributed by atoms with Gasteiger partial charge in [-0.25, -0.2) is 4.79 Å². The van der Waals surface area contributed by atoms with Gasteiger partial charge in [-0.15, -0.1) is 0 Å². The predicted octanol–water partition coefficient (Wildman–Crippen LogP) is 5.72. The number of ether oxygens (including phenoxy) is 1. The van der Waals surface area contributed by atoms with Crippen molar-refractivity contribution in [1.29, 1.82) is 0 Å². The topological polar surface area (TPSA) is 84.8 Å². The Morgan fingerprint density at radius 3 is 1.39 bits per heavy atom. The Balaban J connectivity index is -0.000000712. The molecule has 0 saturated carbocycles. The summed E-state index contributed by atoms with van der Waals surface area (Å²) < 4.78 is 4.45. The van der Waals surface area contributed by atoms with Gasteiger partial charge in [0.05, 0.1) is 6.61 Å². The number of hydrogen-bond acceptors (Lipinski definition) is 4. The van der Waals surface area contributed by atoms with Crippen LogP contribution < -0.4 is 6.15 Å². The molecule has 0 bridgehead atoms. The second-order valence-corrected chi connectivity index (χ2v) is 6.35. The Bertz CT molecular complexity index is 222. The van der Waals surface area contributed by atoms with Crippen molar-refractivity contribution in [2.45, 2.75) is 84.0 Å². The summed E-state index contributed by atoms with van der Waals surface area (Å²) in [6, 6.07) is 0. The lowest BCUT2D eigenvalue weighted by atomic mass is 10.1. The molecule has 142 valence electrons. The van der Waals surface area contributed by atoms with Crippen molar-refractivity contribution < 1.29 is 14.6 Å². The summed E-state index contributed by atoms with van der Waals surface area (Å²) in [6.45, 7) is 2.61. The summed E-state index contributed by atoms with van der Waals surface area (Å²) in [4.78, 5) is 12.1. The van der Waals surface area contributed by atoms with Crippen LogP contribution in [-0.2, 0) is 4.74 Å². The maximum Gasteiger partial charge on any atom is 0.505 e. The third kappa shape index (κ3) is 38.8. The van der Waals surface area contributed by atoms with Crippen LogP contribution in [0.5, 0.6) is 0 Å². The molecule has 0 aromatic heterocycles. The average Bonchev–Trinajstić information content (AvgIpc) is 2.43. The normalized spacial score (nSPS) is 9.78. The van der Waals surface area contributed by atoms with E-state index < -0.39 is 6.16 Å². The van der Waals surface area contributed by atoms with Crippen LogP contribution in [0.15, 0.2) is 0 Å².